The highest BCUT2D eigenvalue weighted by Crippen LogP contribution is 2.22. The number of nitrogens with one attached hydrogen (secondary N) is 1. The molecule has 10 heteroatoms. The molecule has 28 heavy (non-hydrogen) atoms. The van der Waals surface area contributed by atoms with Gasteiger partial charge < -0.3 is 5.32 Å². The summed E-state index contributed by atoms with van der Waals surface area (Å²) >= 11 is 11.8. The van der Waals surface area contributed by atoms with Crippen LogP contribution in [0.1, 0.15) is 0 Å². The number of anilines is 1. The Kier molecular flexibility index (Phi) is 5.72. The van der Waals surface area contributed by atoms with E-state index in [0.717, 1.165) is 4.68 Å². The molecule has 1 heterocycles. The van der Waals surface area contributed by atoms with Gasteiger partial charge >= 0.3 is 0 Å². The molecule has 1 amide bonds. The van der Waals surface area contributed by atoms with Crippen LogP contribution >= 0.6 is 23.2 Å². The van der Waals surface area contributed by atoms with E-state index in [1.807, 2.05) is 0 Å². The fourth-order valence-corrected chi connectivity index (χ4v) is 2.96. The Morgan fingerprint density at radius 1 is 1.07 bits per heavy atom. The van der Waals surface area contributed by atoms with Gasteiger partial charge in [-0.2, -0.15) is 5.10 Å². The first-order valence-corrected chi connectivity index (χ1v) is 8.66. The number of amides is 1. The quantitative estimate of drug-likeness (QED) is 0.501. The third-order valence-electron chi connectivity index (χ3n) is 3.68. The van der Waals surface area contributed by atoms with Crippen LogP contribution in [-0.2, 0) is 11.3 Å². The third-order valence-corrected chi connectivity index (χ3v) is 4.12. The fourth-order valence-electron chi connectivity index (χ4n) is 2.43. The first-order valence-electron chi connectivity index (χ1n) is 7.91. The van der Waals surface area contributed by atoms with Crippen molar-refractivity contribution in [3.63, 3.8) is 0 Å². The van der Waals surface area contributed by atoms with Crippen molar-refractivity contribution in [2.24, 2.45) is 0 Å². The zero-order valence-electron chi connectivity index (χ0n) is 14.1. The number of hydrogen-bond donors (Lipinski definition) is 1. The van der Waals surface area contributed by atoms with Gasteiger partial charge in [-0.15, -0.1) is 0 Å². The standard InChI is InChI=1S/C18H12Cl2N4O4/c19-12-7-13(20)9-14(8-12)21-17(25)10-23-18(26)6-5-16(22-23)11-1-3-15(4-2-11)24(27)28/h1-9H,10H2,(H,21,25). The summed E-state index contributed by atoms with van der Waals surface area (Å²) in [5.74, 6) is -0.492. The predicted octanol–water partition coefficient (Wildman–Crippen LogP) is 3.76. The number of nitro groups is 1. The van der Waals surface area contributed by atoms with Crippen molar-refractivity contribution in [3.05, 3.63) is 85.1 Å². The molecule has 0 unspecified atom stereocenters. The molecule has 0 saturated heterocycles. The maximum atomic E-state index is 12.3. The lowest BCUT2D eigenvalue weighted by atomic mass is 10.1. The van der Waals surface area contributed by atoms with Gasteiger partial charge in [-0.3, -0.25) is 19.7 Å². The van der Waals surface area contributed by atoms with Gasteiger partial charge in [0, 0.05) is 39.5 Å². The second-order valence-corrected chi connectivity index (χ2v) is 6.60. The first kappa shape index (κ1) is 19.5. The molecular weight excluding hydrogens is 407 g/mol. The van der Waals surface area contributed by atoms with Gasteiger partial charge in [0.25, 0.3) is 11.2 Å². The summed E-state index contributed by atoms with van der Waals surface area (Å²) in [5, 5.41) is 18.2. The van der Waals surface area contributed by atoms with Gasteiger partial charge in [0.15, 0.2) is 0 Å². The molecule has 1 aromatic heterocycles. The van der Waals surface area contributed by atoms with Crippen LogP contribution in [0.4, 0.5) is 11.4 Å². The molecule has 8 nitrogen and oxygen atoms in total. The molecular formula is C18H12Cl2N4O4. The molecule has 0 atom stereocenters. The minimum Gasteiger partial charge on any atom is -0.324 e. The van der Waals surface area contributed by atoms with E-state index >= 15 is 0 Å². The number of carbonyl (C=O) groups is 1. The Morgan fingerprint density at radius 3 is 2.32 bits per heavy atom. The Balaban J connectivity index is 1.80. The zero-order valence-corrected chi connectivity index (χ0v) is 15.6. The van der Waals surface area contributed by atoms with E-state index in [1.54, 1.807) is 0 Å². The summed E-state index contributed by atoms with van der Waals surface area (Å²) in [7, 11) is 0. The summed E-state index contributed by atoms with van der Waals surface area (Å²) in [6.07, 6.45) is 0. The van der Waals surface area contributed by atoms with Crippen molar-refractivity contribution < 1.29 is 9.72 Å². The average molecular weight is 419 g/mol. The van der Waals surface area contributed by atoms with E-state index < -0.39 is 16.4 Å². The Morgan fingerprint density at radius 2 is 1.71 bits per heavy atom. The largest absolute Gasteiger partial charge is 0.324 e. The van der Waals surface area contributed by atoms with Crippen LogP contribution in [0.2, 0.25) is 10.0 Å². The molecule has 3 rings (SSSR count). The van der Waals surface area contributed by atoms with Crippen molar-refractivity contribution in [2.75, 3.05) is 5.32 Å². The van der Waals surface area contributed by atoms with Gasteiger partial charge in [-0.1, -0.05) is 23.2 Å². The SMILES string of the molecule is O=C(Cn1nc(-c2ccc([N+](=O)[O-])cc2)ccc1=O)Nc1cc(Cl)cc(Cl)c1. The lowest BCUT2D eigenvalue weighted by Crippen LogP contribution is -2.29. The van der Waals surface area contributed by atoms with Crippen molar-refractivity contribution in [1.29, 1.82) is 0 Å². The van der Waals surface area contributed by atoms with E-state index in [2.05, 4.69) is 10.4 Å². The van der Waals surface area contributed by atoms with E-state index in [4.69, 9.17) is 23.2 Å². The number of rotatable bonds is 5. The molecule has 2 aromatic carbocycles. The average Bonchev–Trinajstić information content (AvgIpc) is 2.62. The molecule has 1 N–H and O–H groups in total. The van der Waals surface area contributed by atoms with E-state index in [9.17, 15) is 19.7 Å². The van der Waals surface area contributed by atoms with Gasteiger partial charge in [0.05, 0.1) is 10.6 Å². The summed E-state index contributed by atoms with van der Waals surface area (Å²) in [5.41, 5.74) is 0.832. The Bertz CT molecular complexity index is 1090. The van der Waals surface area contributed by atoms with E-state index in [0.29, 0.717) is 27.0 Å². The molecule has 0 aliphatic heterocycles. The summed E-state index contributed by atoms with van der Waals surface area (Å²) in [6.45, 7) is -0.330. The van der Waals surface area contributed by atoms with Gasteiger partial charge in [0.1, 0.15) is 6.54 Å². The summed E-state index contributed by atoms with van der Waals surface area (Å²) in [4.78, 5) is 34.5. The van der Waals surface area contributed by atoms with Crippen LogP contribution in [0.15, 0.2) is 59.4 Å². The molecule has 0 saturated carbocycles. The number of hydrogen-bond acceptors (Lipinski definition) is 5. The number of benzene rings is 2. The highest BCUT2D eigenvalue weighted by atomic mass is 35.5. The second-order valence-electron chi connectivity index (χ2n) is 5.72. The number of non-ortho nitro benzene ring substituents is 1. The summed E-state index contributed by atoms with van der Waals surface area (Å²) < 4.78 is 0.998. The molecule has 0 bridgehead atoms. The second kappa shape index (κ2) is 8.20. The topological polar surface area (TPSA) is 107 Å². The zero-order chi connectivity index (χ0) is 20.3. The predicted molar refractivity (Wildman–Crippen MR) is 106 cm³/mol. The van der Waals surface area contributed by atoms with Crippen LogP contribution in [0.3, 0.4) is 0 Å². The monoisotopic (exact) mass is 418 g/mol. The number of carbonyl (C=O) groups excluding carboxylic acids is 1. The maximum absolute atomic E-state index is 12.3. The van der Waals surface area contributed by atoms with Crippen LogP contribution in [0.25, 0.3) is 11.3 Å². The number of nitro benzene ring substituents is 1. The Hall–Kier alpha value is -3.23. The van der Waals surface area contributed by atoms with E-state index in [1.165, 1.54) is 54.6 Å². The van der Waals surface area contributed by atoms with Crippen LogP contribution in [-0.4, -0.2) is 20.6 Å². The lowest BCUT2D eigenvalue weighted by Gasteiger charge is -2.09. The van der Waals surface area contributed by atoms with Gasteiger partial charge in [0.2, 0.25) is 5.91 Å². The molecule has 0 spiro atoms. The normalized spacial score (nSPS) is 10.5. The molecule has 142 valence electrons. The molecule has 0 aliphatic carbocycles. The number of halogens is 2. The third kappa shape index (κ3) is 4.73. The number of aromatic nitrogens is 2. The maximum Gasteiger partial charge on any atom is 0.269 e. The van der Waals surface area contributed by atoms with Crippen molar-refractivity contribution in [1.82, 2.24) is 9.78 Å². The minimum absolute atomic E-state index is 0.0587. The fraction of sp³-hybridized carbons (Fsp3) is 0.0556. The number of nitrogens with zero attached hydrogens (tertiary/aromatic N) is 3. The van der Waals surface area contributed by atoms with Gasteiger partial charge in [-0.05, 0) is 36.4 Å². The molecule has 0 fully saturated rings. The Labute approximate surface area is 168 Å². The van der Waals surface area contributed by atoms with Crippen LogP contribution in [0.5, 0.6) is 0 Å². The van der Waals surface area contributed by atoms with Crippen LogP contribution in [0, 0.1) is 10.1 Å². The van der Waals surface area contributed by atoms with E-state index in [-0.39, 0.29) is 12.2 Å². The molecule has 0 aliphatic rings. The van der Waals surface area contributed by atoms with Crippen molar-refractivity contribution >= 4 is 40.5 Å². The molecule has 0 radical (unpaired) electrons. The van der Waals surface area contributed by atoms with Gasteiger partial charge in [-0.25, -0.2) is 4.68 Å². The highest BCUT2D eigenvalue weighted by molar-refractivity contribution is 6.35. The smallest absolute Gasteiger partial charge is 0.269 e. The van der Waals surface area contributed by atoms with Crippen molar-refractivity contribution in [3.8, 4) is 11.3 Å². The van der Waals surface area contributed by atoms with Crippen LogP contribution < -0.4 is 10.9 Å². The van der Waals surface area contributed by atoms with Crippen molar-refractivity contribution in [2.45, 2.75) is 6.54 Å². The minimum atomic E-state index is -0.509. The first-order chi connectivity index (χ1) is 13.3. The highest BCUT2D eigenvalue weighted by Gasteiger charge is 2.11. The lowest BCUT2D eigenvalue weighted by molar-refractivity contribution is -0.384. The summed E-state index contributed by atoms with van der Waals surface area (Å²) in [6, 6.07) is 13.0. The molecule has 3 aromatic rings.